The van der Waals surface area contributed by atoms with Gasteiger partial charge >= 0.3 is 0 Å². The maximum Gasteiger partial charge on any atom is 0.215 e. The smallest absolute Gasteiger partial charge is 0.215 e. The van der Waals surface area contributed by atoms with Crippen LogP contribution in [0.2, 0.25) is 0 Å². The Hall–Kier alpha value is -1.07. The number of nitrogens with one attached hydrogen (secondary N) is 1. The van der Waals surface area contributed by atoms with Gasteiger partial charge in [-0.15, -0.1) is 0 Å². The summed E-state index contributed by atoms with van der Waals surface area (Å²) in [4.78, 5) is 0. The molecule has 0 fully saturated rings. The molecular formula is C10H13NO3S. The minimum atomic E-state index is -3.22. The van der Waals surface area contributed by atoms with E-state index in [4.69, 9.17) is 4.74 Å². The van der Waals surface area contributed by atoms with Gasteiger partial charge in [0.1, 0.15) is 5.75 Å². The minimum absolute atomic E-state index is 0.0212. The number of ether oxygens (including phenoxy) is 1. The van der Waals surface area contributed by atoms with Gasteiger partial charge in [0, 0.05) is 12.0 Å². The van der Waals surface area contributed by atoms with Crippen molar-refractivity contribution in [3.05, 3.63) is 29.3 Å². The average Bonchev–Trinajstić information content (AvgIpc) is 2.66. The van der Waals surface area contributed by atoms with Crippen LogP contribution >= 0.6 is 0 Å². The van der Waals surface area contributed by atoms with E-state index in [-0.39, 0.29) is 5.75 Å². The summed E-state index contributed by atoms with van der Waals surface area (Å²) < 4.78 is 30.5. The summed E-state index contributed by atoms with van der Waals surface area (Å²) in [5.74, 6) is 0.725. The zero-order valence-corrected chi connectivity index (χ0v) is 9.30. The van der Waals surface area contributed by atoms with E-state index < -0.39 is 10.0 Å². The molecule has 1 aromatic carbocycles. The Balaban J connectivity index is 2.34. The van der Waals surface area contributed by atoms with E-state index in [2.05, 4.69) is 4.72 Å². The number of benzene rings is 1. The first kappa shape index (κ1) is 10.4. The Morgan fingerprint density at radius 1 is 1.47 bits per heavy atom. The van der Waals surface area contributed by atoms with Crippen LogP contribution in [0.4, 0.5) is 0 Å². The molecule has 0 atom stereocenters. The number of para-hydroxylation sites is 1. The first-order valence-electron chi connectivity index (χ1n) is 4.77. The number of sulfonamides is 1. The molecule has 0 unspecified atom stereocenters. The minimum Gasteiger partial charge on any atom is -0.493 e. The molecule has 1 heterocycles. The molecule has 0 aromatic heterocycles. The highest BCUT2D eigenvalue weighted by Gasteiger charge is 2.19. The van der Waals surface area contributed by atoms with Gasteiger partial charge in [0.25, 0.3) is 0 Å². The van der Waals surface area contributed by atoms with Crippen molar-refractivity contribution in [3.63, 3.8) is 0 Å². The molecule has 1 aliphatic rings. The number of hydrogen-bond donors (Lipinski definition) is 1. The molecule has 1 aromatic rings. The summed E-state index contributed by atoms with van der Waals surface area (Å²) in [5, 5.41) is 0. The summed E-state index contributed by atoms with van der Waals surface area (Å²) in [6.07, 6.45) is 0.864. The zero-order chi connectivity index (χ0) is 10.9. The molecule has 4 nitrogen and oxygen atoms in total. The molecule has 0 bridgehead atoms. The Bertz CT molecular complexity index is 468. The molecule has 5 heteroatoms. The maximum atomic E-state index is 11.4. The predicted octanol–water partition coefficient (Wildman–Crippen LogP) is 0.671. The molecule has 0 saturated carbocycles. The SMILES string of the molecule is CNS(=O)(=O)Cc1cccc2c1OCC2. The Kier molecular flexibility index (Phi) is 2.67. The van der Waals surface area contributed by atoms with Gasteiger partial charge < -0.3 is 4.74 Å². The van der Waals surface area contributed by atoms with Crippen LogP contribution in [0.3, 0.4) is 0 Å². The van der Waals surface area contributed by atoms with Gasteiger partial charge in [-0.1, -0.05) is 18.2 Å². The lowest BCUT2D eigenvalue weighted by atomic mass is 10.1. The van der Waals surface area contributed by atoms with Gasteiger partial charge in [-0.3, -0.25) is 0 Å². The van der Waals surface area contributed by atoms with E-state index >= 15 is 0 Å². The van der Waals surface area contributed by atoms with Crippen molar-refractivity contribution in [1.29, 1.82) is 0 Å². The molecule has 0 radical (unpaired) electrons. The van der Waals surface area contributed by atoms with E-state index in [1.165, 1.54) is 7.05 Å². The molecular weight excluding hydrogens is 214 g/mol. The number of fused-ring (bicyclic) bond motifs is 1. The van der Waals surface area contributed by atoms with Crippen LogP contribution in [-0.4, -0.2) is 22.1 Å². The molecule has 0 aliphatic carbocycles. The fourth-order valence-corrected chi connectivity index (χ4v) is 2.45. The van der Waals surface area contributed by atoms with E-state index in [9.17, 15) is 8.42 Å². The molecule has 0 saturated heterocycles. The van der Waals surface area contributed by atoms with Crippen LogP contribution in [0.25, 0.3) is 0 Å². The second-order valence-corrected chi connectivity index (χ2v) is 5.39. The summed E-state index contributed by atoms with van der Waals surface area (Å²) in [6.45, 7) is 0.645. The summed E-state index contributed by atoms with van der Waals surface area (Å²) >= 11 is 0. The predicted molar refractivity (Wildman–Crippen MR) is 57.3 cm³/mol. The van der Waals surface area contributed by atoms with Crippen molar-refractivity contribution in [2.75, 3.05) is 13.7 Å². The second kappa shape index (κ2) is 3.83. The van der Waals surface area contributed by atoms with E-state index in [0.29, 0.717) is 6.61 Å². The highest BCUT2D eigenvalue weighted by molar-refractivity contribution is 7.88. The summed E-state index contributed by atoms with van der Waals surface area (Å²) in [7, 11) is -1.81. The summed E-state index contributed by atoms with van der Waals surface area (Å²) in [6, 6.07) is 5.63. The van der Waals surface area contributed by atoms with Crippen molar-refractivity contribution in [3.8, 4) is 5.75 Å². The van der Waals surface area contributed by atoms with Crippen LogP contribution in [-0.2, 0) is 22.2 Å². The quantitative estimate of drug-likeness (QED) is 0.825. The third-order valence-electron chi connectivity index (χ3n) is 2.45. The molecule has 1 N–H and O–H groups in total. The molecule has 1 aliphatic heterocycles. The number of hydrogen-bond acceptors (Lipinski definition) is 3. The van der Waals surface area contributed by atoms with Gasteiger partial charge in [-0.05, 0) is 12.6 Å². The summed E-state index contributed by atoms with van der Waals surface area (Å²) in [5.41, 5.74) is 1.83. The lowest BCUT2D eigenvalue weighted by molar-refractivity contribution is 0.354. The highest BCUT2D eigenvalue weighted by Crippen LogP contribution is 2.30. The largest absolute Gasteiger partial charge is 0.493 e. The topological polar surface area (TPSA) is 55.4 Å². The van der Waals surface area contributed by atoms with E-state index in [1.54, 1.807) is 6.07 Å². The molecule has 15 heavy (non-hydrogen) atoms. The second-order valence-electron chi connectivity index (χ2n) is 3.47. The lowest BCUT2D eigenvalue weighted by Crippen LogP contribution is -2.20. The van der Waals surface area contributed by atoms with Gasteiger partial charge in [0.05, 0.1) is 12.4 Å². The van der Waals surface area contributed by atoms with Crippen LogP contribution in [0, 0.1) is 0 Å². The molecule has 2 rings (SSSR count). The Morgan fingerprint density at radius 3 is 3.00 bits per heavy atom. The fraction of sp³-hybridized carbons (Fsp3) is 0.400. The third-order valence-corrected chi connectivity index (χ3v) is 3.77. The average molecular weight is 227 g/mol. The molecule has 0 spiro atoms. The normalized spacial score (nSPS) is 14.7. The van der Waals surface area contributed by atoms with Crippen molar-refractivity contribution in [2.24, 2.45) is 0 Å². The Labute approximate surface area is 89.3 Å². The maximum absolute atomic E-state index is 11.4. The molecule has 0 amide bonds. The van der Waals surface area contributed by atoms with Gasteiger partial charge in [-0.2, -0.15) is 0 Å². The van der Waals surface area contributed by atoms with Crippen molar-refractivity contribution in [2.45, 2.75) is 12.2 Å². The van der Waals surface area contributed by atoms with Crippen molar-refractivity contribution in [1.82, 2.24) is 4.72 Å². The Morgan fingerprint density at radius 2 is 2.27 bits per heavy atom. The van der Waals surface area contributed by atoms with Crippen molar-refractivity contribution < 1.29 is 13.2 Å². The van der Waals surface area contributed by atoms with Crippen LogP contribution in [0.15, 0.2) is 18.2 Å². The zero-order valence-electron chi connectivity index (χ0n) is 8.49. The monoisotopic (exact) mass is 227 g/mol. The highest BCUT2D eigenvalue weighted by atomic mass is 32.2. The first-order chi connectivity index (χ1) is 7.12. The van der Waals surface area contributed by atoms with E-state index in [0.717, 1.165) is 23.3 Å². The third kappa shape index (κ3) is 2.13. The fourth-order valence-electron chi connectivity index (χ4n) is 1.67. The first-order valence-corrected chi connectivity index (χ1v) is 6.42. The molecule has 82 valence electrons. The van der Waals surface area contributed by atoms with Gasteiger partial charge in [0.2, 0.25) is 10.0 Å². The van der Waals surface area contributed by atoms with Crippen LogP contribution < -0.4 is 9.46 Å². The number of rotatable bonds is 3. The van der Waals surface area contributed by atoms with Crippen LogP contribution in [0.1, 0.15) is 11.1 Å². The van der Waals surface area contributed by atoms with Crippen molar-refractivity contribution >= 4 is 10.0 Å². The standard InChI is InChI=1S/C10H13NO3S/c1-11-15(12,13)7-9-4-2-3-8-5-6-14-10(8)9/h2-4,11H,5-7H2,1H3. The van der Waals surface area contributed by atoms with E-state index in [1.807, 2.05) is 12.1 Å². The van der Waals surface area contributed by atoms with Gasteiger partial charge in [-0.25, -0.2) is 13.1 Å². The lowest BCUT2D eigenvalue weighted by Gasteiger charge is -2.07. The van der Waals surface area contributed by atoms with Gasteiger partial charge in [0.15, 0.2) is 0 Å². The van der Waals surface area contributed by atoms with Crippen LogP contribution in [0.5, 0.6) is 5.75 Å².